The molecule has 0 fully saturated rings. The summed E-state index contributed by atoms with van der Waals surface area (Å²) in [6.07, 6.45) is -2.12. The molecule has 0 bridgehead atoms. The Labute approximate surface area is 193 Å². The van der Waals surface area contributed by atoms with Crippen molar-refractivity contribution in [3.63, 3.8) is 0 Å². The fourth-order valence-corrected chi connectivity index (χ4v) is 3.30. The minimum absolute atomic E-state index is 0.300. The number of para-hydroxylation sites is 1. The number of rotatable bonds is 6. The number of carbonyl (C=O) groups excluding carboxylic acids is 1. The first-order valence-electron chi connectivity index (χ1n) is 9.31. The fourth-order valence-electron chi connectivity index (χ4n) is 3.12. The summed E-state index contributed by atoms with van der Waals surface area (Å²) in [5.74, 6) is 1.29. The van der Waals surface area contributed by atoms with E-state index in [1.807, 2.05) is 0 Å². The van der Waals surface area contributed by atoms with Gasteiger partial charge in [-0.1, -0.05) is 41.5 Å². The Kier molecular flexibility index (Phi) is 7.03. The van der Waals surface area contributed by atoms with Crippen LogP contribution in [0.5, 0.6) is 0 Å². The summed E-state index contributed by atoms with van der Waals surface area (Å²) in [7, 11) is 0. The molecule has 13 heteroatoms. The summed E-state index contributed by atoms with van der Waals surface area (Å²) in [6, 6.07) is 4.62. The number of hydrazine groups is 1. The number of benzene rings is 1. The zero-order valence-electron chi connectivity index (χ0n) is 17.3. The van der Waals surface area contributed by atoms with Gasteiger partial charge < -0.3 is 4.52 Å². The number of carbonyl (C=O) groups is 1. The van der Waals surface area contributed by atoms with Gasteiger partial charge in [-0.3, -0.25) is 10.2 Å². The number of nitrogens with two attached hydrogens (primary N) is 1. The van der Waals surface area contributed by atoms with Gasteiger partial charge in [0.1, 0.15) is 28.6 Å². The molecule has 1 aromatic carbocycles. The predicted octanol–water partition coefficient (Wildman–Crippen LogP) is 5.30. The van der Waals surface area contributed by atoms with E-state index in [-0.39, 0.29) is 0 Å². The molecular weight excluding hydrogens is 485 g/mol. The van der Waals surface area contributed by atoms with Crippen LogP contribution in [-0.2, 0) is 6.18 Å². The quantitative estimate of drug-likeness (QED) is 0.158. The third-order valence-corrected chi connectivity index (χ3v) is 4.66. The van der Waals surface area contributed by atoms with Crippen molar-refractivity contribution in [1.29, 1.82) is 0 Å². The highest BCUT2D eigenvalue weighted by Crippen LogP contribution is 2.42. The zero-order valence-corrected chi connectivity index (χ0v) is 18.0. The van der Waals surface area contributed by atoms with E-state index in [9.17, 15) is 26.7 Å². The minimum atomic E-state index is -5.09. The molecule has 0 atom stereocenters. The predicted molar refractivity (Wildman–Crippen MR) is 114 cm³/mol. The first-order valence-corrected chi connectivity index (χ1v) is 9.69. The van der Waals surface area contributed by atoms with E-state index in [0.29, 0.717) is 10.9 Å². The largest absolute Gasteiger partial charge is 0.434 e. The molecule has 3 rings (SSSR count). The smallest absolute Gasteiger partial charge is 0.355 e. The molecule has 178 valence electrons. The van der Waals surface area contributed by atoms with Gasteiger partial charge in [0.05, 0.1) is 17.3 Å². The number of allylic oxidation sites excluding steroid dienone is 5. The van der Waals surface area contributed by atoms with E-state index in [2.05, 4.69) is 16.8 Å². The lowest BCUT2D eigenvalue weighted by Gasteiger charge is -2.13. The molecule has 7 nitrogen and oxygen atoms in total. The number of alkyl halides is 3. The number of nitrogens with zero attached hydrogens (tertiary/aromatic N) is 3. The maximum Gasteiger partial charge on any atom is 0.434 e. The van der Waals surface area contributed by atoms with Crippen molar-refractivity contribution in [3.05, 3.63) is 82.8 Å². The molecule has 34 heavy (non-hydrogen) atoms. The molecule has 0 aliphatic heterocycles. The number of aromatic nitrogens is 3. The van der Waals surface area contributed by atoms with Crippen molar-refractivity contribution in [2.75, 3.05) is 0 Å². The van der Waals surface area contributed by atoms with Crippen LogP contribution >= 0.6 is 11.6 Å². The SMILES string of the molecule is C=C(Cl)/C(=C(F)\C=C/C)c1noc(-c2cnn(-c3ccccc3F)c2C(F)(F)F)c1C(=O)NN. The van der Waals surface area contributed by atoms with Crippen molar-refractivity contribution in [2.24, 2.45) is 5.84 Å². The molecule has 0 spiro atoms. The van der Waals surface area contributed by atoms with Crippen LogP contribution < -0.4 is 11.3 Å². The fraction of sp³-hybridized carbons (Fsp3) is 0.0952. The molecule has 0 aliphatic rings. The van der Waals surface area contributed by atoms with Crippen LogP contribution in [0.15, 0.2) is 64.6 Å². The van der Waals surface area contributed by atoms with Crippen LogP contribution in [0.25, 0.3) is 22.6 Å². The monoisotopic (exact) mass is 499 g/mol. The number of halogens is 6. The average Bonchev–Trinajstić information content (AvgIpc) is 3.38. The summed E-state index contributed by atoms with van der Waals surface area (Å²) in [6.45, 7) is 4.89. The lowest BCUT2D eigenvalue weighted by Crippen LogP contribution is -2.31. The summed E-state index contributed by atoms with van der Waals surface area (Å²) in [5.41, 5.74) is -2.76. The van der Waals surface area contributed by atoms with Crippen molar-refractivity contribution < 1.29 is 31.3 Å². The van der Waals surface area contributed by atoms with E-state index < -0.39 is 68.3 Å². The van der Waals surface area contributed by atoms with Gasteiger partial charge in [-0.2, -0.15) is 18.3 Å². The van der Waals surface area contributed by atoms with Crippen LogP contribution in [0.3, 0.4) is 0 Å². The number of nitrogen functional groups attached to an aromatic ring is 1. The van der Waals surface area contributed by atoms with Gasteiger partial charge in [-0.05, 0) is 25.1 Å². The van der Waals surface area contributed by atoms with E-state index in [4.69, 9.17) is 22.0 Å². The van der Waals surface area contributed by atoms with E-state index in [1.54, 1.807) is 5.43 Å². The Balaban J connectivity index is 2.38. The highest BCUT2D eigenvalue weighted by Gasteiger charge is 2.42. The van der Waals surface area contributed by atoms with Gasteiger partial charge in [0.15, 0.2) is 11.5 Å². The van der Waals surface area contributed by atoms with Gasteiger partial charge in [-0.15, -0.1) is 0 Å². The zero-order chi connectivity index (χ0) is 25.2. The third kappa shape index (κ3) is 4.50. The average molecular weight is 500 g/mol. The Morgan fingerprint density at radius 3 is 2.56 bits per heavy atom. The Morgan fingerprint density at radius 2 is 2.00 bits per heavy atom. The molecule has 0 unspecified atom stereocenters. The topological polar surface area (TPSA) is 99.0 Å². The molecule has 3 aromatic rings. The first kappa shape index (κ1) is 24.9. The van der Waals surface area contributed by atoms with Crippen LogP contribution in [0.1, 0.15) is 28.7 Å². The van der Waals surface area contributed by atoms with Crippen molar-refractivity contribution >= 4 is 23.1 Å². The summed E-state index contributed by atoms with van der Waals surface area (Å²) < 4.78 is 76.6. The normalized spacial score (nSPS) is 12.7. The second-order valence-electron chi connectivity index (χ2n) is 6.60. The number of hydrogen-bond acceptors (Lipinski definition) is 5. The maximum atomic E-state index is 14.7. The van der Waals surface area contributed by atoms with Crippen LogP contribution in [0, 0.1) is 5.82 Å². The molecule has 0 aliphatic carbocycles. The molecule has 0 saturated heterocycles. The van der Waals surface area contributed by atoms with Crippen LogP contribution in [-0.4, -0.2) is 20.8 Å². The van der Waals surface area contributed by atoms with E-state index >= 15 is 0 Å². The lowest BCUT2D eigenvalue weighted by atomic mass is 10.0. The Morgan fingerprint density at radius 1 is 1.32 bits per heavy atom. The van der Waals surface area contributed by atoms with E-state index in [0.717, 1.165) is 18.2 Å². The van der Waals surface area contributed by atoms with Crippen LogP contribution in [0.2, 0.25) is 0 Å². The number of amides is 1. The Bertz CT molecular complexity index is 1320. The highest BCUT2D eigenvalue weighted by molar-refractivity contribution is 6.37. The van der Waals surface area contributed by atoms with Gasteiger partial charge >= 0.3 is 6.18 Å². The van der Waals surface area contributed by atoms with Crippen molar-refractivity contribution in [2.45, 2.75) is 13.1 Å². The standard InChI is InChI=1S/C21H15ClF5N5O2/c1-3-6-13(24)15(10(2)22)17-16(20(33)30-28)18(34-31-17)11-9-29-32(19(11)21(25,26)27)14-8-5-4-7-12(14)23/h3-9H,2,28H2,1H3,(H,30,33)/b6-3-,15-13-. The minimum Gasteiger partial charge on any atom is -0.355 e. The van der Waals surface area contributed by atoms with Crippen molar-refractivity contribution in [3.8, 4) is 17.0 Å². The number of nitrogens with one attached hydrogen (secondary N) is 1. The second-order valence-corrected chi connectivity index (χ2v) is 7.06. The van der Waals surface area contributed by atoms with E-state index in [1.165, 1.54) is 25.1 Å². The highest BCUT2D eigenvalue weighted by atomic mass is 35.5. The van der Waals surface area contributed by atoms with Crippen LogP contribution in [0.4, 0.5) is 22.0 Å². The first-order chi connectivity index (χ1) is 16.0. The second kappa shape index (κ2) is 9.61. The molecule has 0 radical (unpaired) electrons. The molecule has 2 heterocycles. The summed E-state index contributed by atoms with van der Waals surface area (Å²) in [5, 5.41) is 6.78. The Hall–Kier alpha value is -3.77. The maximum absolute atomic E-state index is 14.7. The van der Waals surface area contributed by atoms with Gasteiger partial charge in [0, 0.05) is 5.03 Å². The number of hydrogen-bond donors (Lipinski definition) is 2. The molecule has 1 amide bonds. The lowest BCUT2D eigenvalue weighted by molar-refractivity contribution is -0.142. The third-order valence-electron chi connectivity index (χ3n) is 4.47. The van der Waals surface area contributed by atoms with Gasteiger partial charge in [0.25, 0.3) is 5.91 Å². The molecular formula is C21H15ClF5N5O2. The van der Waals surface area contributed by atoms with Gasteiger partial charge in [0.2, 0.25) is 0 Å². The molecule has 2 aromatic heterocycles. The van der Waals surface area contributed by atoms with Gasteiger partial charge in [-0.25, -0.2) is 19.3 Å². The summed E-state index contributed by atoms with van der Waals surface area (Å²) in [4.78, 5) is 12.5. The molecule has 0 saturated carbocycles. The molecule has 3 N–H and O–H groups in total. The van der Waals surface area contributed by atoms with Crippen molar-refractivity contribution in [1.82, 2.24) is 20.4 Å². The summed E-state index contributed by atoms with van der Waals surface area (Å²) >= 11 is 5.88.